The van der Waals surface area contributed by atoms with Crippen molar-refractivity contribution >= 4 is 53.2 Å². The molecule has 0 fully saturated rings. The van der Waals surface area contributed by atoms with Crippen molar-refractivity contribution in [1.29, 1.82) is 0 Å². The number of H-pyrrole nitrogens is 1. The zero-order chi connectivity index (χ0) is 29.1. The third-order valence-corrected chi connectivity index (χ3v) is 6.26. The van der Waals surface area contributed by atoms with E-state index in [1.165, 1.54) is 6.92 Å². The summed E-state index contributed by atoms with van der Waals surface area (Å²) in [7, 11) is 0. The summed E-state index contributed by atoms with van der Waals surface area (Å²) in [5, 5.41) is 27.7. The summed E-state index contributed by atoms with van der Waals surface area (Å²) in [5.41, 5.74) is 17.9. The van der Waals surface area contributed by atoms with Crippen LogP contribution in [-0.2, 0) is 25.6 Å². The Morgan fingerprint density at radius 3 is 2.33 bits per heavy atom. The number of carbonyl (C=O) groups is 4. The van der Waals surface area contributed by atoms with Gasteiger partial charge in [-0.2, -0.15) is 12.6 Å². The summed E-state index contributed by atoms with van der Waals surface area (Å²) >= 11 is 3.96. The van der Waals surface area contributed by atoms with Crippen LogP contribution in [0.5, 0.6) is 0 Å². The number of aliphatic imine (C=N–C) groups is 1. The SMILES string of the molecule is CC(O)C(NC(=O)C(N)CCCN=C(N)N)C(=O)NC(Cc1c[nH]c2ccccc12)C(=O)NC(CS)C(=O)O. The van der Waals surface area contributed by atoms with Gasteiger partial charge >= 0.3 is 5.97 Å². The van der Waals surface area contributed by atoms with Crippen molar-refractivity contribution in [3.8, 4) is 0 Å². The predicted octanol–water partition coefficient (Wildman–Crippen LogP) is -2.06. The molecule has 5 unspecified atom stereocenters. The number of carbonyl (C=O) groups excluding carboxylic acids is 3. The molecular weight excluding hydrogens is 528 g/mol. The second-order valence-corrected chi connectivity index (χ2v) is 9.35. The molecule has 0 bridgehead atoms. The van der Waals surface area contributed by atoms with Gasteiger partial charge in [-0.3, -0.25) is 19.4 Å². The number of hydrogen-bond acceptors (Lipinski definition) is 8. The number of aliphatic carboxylic acids is 1. The van der Waals surface area contributed by atoms with Crippen LogP contribution >= 0.6 is 12.6 Å². The van der Waals surface area contributed by atoms with E-state index in [0.29, 0.717) is 12.0 Å². The molecule has 1 heterocycles. The summed E-state index contributed by atoms with van der Waals surface area (Å²) in [4.78, 5) is 57.2. The van der Waals surface area contributed by atoms with Gasteiger partial charge in [0.15, 0.2) is 5.96 Å². The number of hydrogen-bond donors (Lipinski definition) is 10. The fraction of sp³-hybridized carbons (Fsp3) is 0.458. The topological polar surface area (TPSA) is 251 Å². The van der Waals surface area contributed by atoms with Gasteiger partial charge in [-0.1, -0.05) is 18.2 Å². The minimum atomic E-state index is -1.44. The van der Waals surface area contributed by atoms with Crippen LogP contribution in [0, 0.1) is 0 Å². The highest BCUT2D eigenvalue weighted by molar-refractivity contribution is 7.80. The largest absolute Gasteiger partial charge is 0.480 e. The van der Waals surface area contributed by atoms with E-state index in [-0.39, 0.29) is 31.1 Å². The fourth-order valence-corrected chi connectivity index (χ4v) is 4.01. The number of aromatic amines is 1. The molecule has 0 spiro atoms. The van der Waals surface area contributed by atoms with E-state index in [0.717, 1.165) is 10.9 Å². The molecule has 3 amide bonds. The molecule has 0 saturated heterocycles. The van der Waals surface area contributed by atoms with E-state index >= 15 is 0 Å². The van der Waals surface area contributed by atoms with Gasteiger partial charge < -0.3 is 48.3 Å². The number of carboxylic acid groups (broad SMARTS) is 1. The smallest absolute Gasteiger partial charge is 0.327 e. The molecule has 1 aromatic heterocycles. The van der Waals surface area contributed by atoms with Gasteiger partial charge in [0.1, 0.15) is 18.1 Å². The first kappa shape index (κ1) is 31.4. The van der Waals surface area contributed by atoms with Gasteiger partial charge in [0, 0.05) is 35.8 Å². The Morgan fingerprint density at radius 1 is 1.05 bits per heavy atom. The number of fused-ring (bicyclic) bond motifs is 1. The number of carboxylic acids is 1. The van der Waals surface area contributed by atoms with Gasteiger partial charge in [0.25, 0.3) is 0 Å². The van der Waals surface area contributed by atoms with Gasteiger partial charge in [0.2, 0.25) is 17.7 Å². The van der Waals surface area contributed by atoms with E-state index in [9.17, 15) is 29.4 Å². The molecule has 12 N–H and O–H groups in total. The number of amides is 3. The van der Waals surface area contributed by atoms with Crippen molar-refractivity contribution in [3.05, 3.63) is 36.0 Å². The minimum Gasteiger partial charge on any atom is -0.480 e. The Labute approximate surface area is 230 Å². The molecule has 2 rings (SSSR count). The molecule has 0 radical (unpaired) electrons. The number of aromatic nitrogens is 1. The van der Waals surface area contributed by atoms with Gasteiger partial charge in [-0.15, -0.1) is 0 Å². The number of rotatable bonds is 15. The molecule has 14 nitrogen and oxygen atoms in total. The number of nitrogens with one attached hydrogen (secondary N) is 4. The van der Waals surface area contributed by atoms with E-state index in [4.69, 9.17) is 17.2 Å². The van der Waals surface area contributed by atoms with Crippen LogP contribution in [0.2, 0.25) is 0 Å². The number of aliphatic hydroxyl groups is 1. The van der Waals surface area contributed by atoms with Crippen molar-refractivity contribution < 1.29 is 29.4 Å². The lowest BCUT2D eigenvalue weighted by atomic mass is 10.0. The summed E-state index contributed by atoms with van der Waals surface area (Å²) < 4.78 is 0. The van der Waals surface area contributed by atoms with Crippen LogP contribution in [0.4, 0.5) is 0 Å². The van der Waals surface area contributed by atoms with Crippen LogP contribution in [0.25, 0.3) is 10.9 Å². The van der Waals surface area contributed by atoms with Crippen molar-refractivity contribution in [2.75, 3.05) is 12.3 Å². The highest BCUT2D eigenvalue weighted by atomic mass is 32.1. The van der Waals surface area contributed by atoms with Crippen molar-refractivity contribution in [2.24, 2.45) is 22.2 Å². The van der Waals surface area contributed by atoms with Crippen molar-refractivity contribution in [3.63, 3.8) is 0 Å². The van der Waals surface area contributed by atoms with Crippen molar-refractivity contribution in [1.82, 2.24) is 20.9 Å². The Morgan fingerprint density at radius 2 is 1.72 bits per heavy atom. The monoisotopic (exact) mass is 564 g/mol. The maximum atomic E-state index is 13.2. The first-order valence-electron chi connectivity index (χ1n) is 12.2. The number of guanidine groups is 1. The van der Waals surface area contributed by atoms with Crippen LogP contribution in [0.3, 0.4) is 0 Å². The Hall–Kier alpha value is -3.82. The quantitative estimate of drug-likeness (QED) is 0.0493. The second-order valence-electron chi connectivity index (χ2n) is 8.99. The third kappa shape index (κ3) is 9.46. The molecule has 1 aromatic carbocycles. The fourth-order valence-electron chi connectivity index (χ4n) is 3.76. The highest BCUT2D eigenvalue weighted by Crippen LogP contribution is 2.19. The summed E-state index contributed by atoms with van der Waals surface area (Å²) in [5.74, 6) is -3.89. The molecule has 214 valence electrons. The minimum absolute atomic E-state index is 0.00865. The standard InChI is InChI=1S/C24H36N8O6S/c1-12(33)19(32-20(34)15(25)6-4-8-28-24(26)27)22(36)30-17(21(35)31-18(11-39)23(37)38)9-13-10-29-16-7-3-2-5-14(13)16/h2-3,5,7,10,12,15,17-19,29,33,39H,4,6,8-9,11,25H2,1H3,(H,30,36)(H,31,35)(H,32,34)(H,37,38)(H4,26,27,28). The lowest BCUT2D eigenvalue weighted by Crippen LogP contribution is -2.60. The zero-order valence-electron chi connectivity index (χ0n) is 21.5. The average Bonchev–Trinajstić information content (AvgIpc) is 3.29. The molecule has 0 aliphatic carbocycles. The number of nitrogens with two attached hydrogens (primary N) is 3. The van der Waals surface area contributed by atoms with E-state index < -0.39 is 54.0 Å². The molecule has 0 aliphatic heterocycles. The molecule has 0 aliphatic rings. The molecule has 2 aromatic rings. The molecule has 15 heteroatoms. The second kappa shape index (κ2) is 14.9. The van der Waals surface area contributed by atoms with E-state index in [1.54, 1.807) is 6.20 Å². The van der Waals surface area contributed by atoms with E-state index in [1.807, 2.05) is 24.3 Å². The molecule has 39 heavy (non-hydrogen) atoms. The molecule has 0 saturated carbocycles. The predicted molar refractivity (Wildman–Crippen MR) is 149 cm³/mol. The molecular formula is C24H36N8O6S. The first-order chi connectivity index (χ1) is 18.4. The number of para-hydroxylation sites is 1. The Balaban J connectivity index is 2.19. The van der Waals surface area contributed by atoms with Gasteiger partial charge in [0.05, 0.1) is 12.1 Å². The Kier molecular flexibility index (Phi) is 12.0. The lowest BCUT2D eigenvalue weighted by Gasteiger charge is -2.26. The van der Waals surface area contributed by atoms with Crippen LogP contribution in [0.15, 0.2) is 35.5 Å². The van der Waals surface area contributed by atoms with Crippen LogP contribution < -0.4 is 33.2 Å². The maximum Gasteiger partial charge on any atom is 0.327 e. The van der Waals surface area contributed by atoms with Gasteiger partial charge in [-0.25, -0.2) is 4.79 Å². The third-order valence-electron chi connectivity index (χ3n) is 5.90. The lowest BCUT2D eigenvalue weighted by molar-refractivity contribution is -0.141. The van der Waals surface area contributed by atoms with Gasteiger partial charge in [-0.05, 0) is 31.4 Å². The Bertz CT molecular complexity index is 1180. The zero-order valence-corrected chi connectivity index (χ0v) is 22.4. The first-order valence-corrected chi connectivity index (χ1v) is 12.9. The maximum absolute atomic E-state index is 13.2. The number of thiol groups is 1. The van der Waals surface area contributed by atoms with E-state index in [2.05, 4.69) is 38.6 Å². The normalized spacial score (nSPS) is 14.9. The van der Waals surface area contributed by atoms with Crippen LogP contribution in [-0.4, -0.2) is 87.4 Å². The highest BCUT2D eigenvalue weighted by Gasteiger charge is 2.32. The van der Waals surface area contributed by atoms with Crippen molar-refractivity contribution in [2.45, 2.75) is 56.5 Å². The number of nitrogens with zero attached hydrogens (tertiary/aromatic N) is 1. The molecule has 5 atom stereocenters. The average molecular weight is 565 g/mol. The number of aliphatic hydroxyl groups excluding tert-OH is 1. The summed E-state index contributed by atoms with van der Waals surface area (Å²) in [6, 6.07) is 2.32. The summed E-state index contributed by atoms with van der Waals surface area (Å²) in [6.07, 6.45) is 0.942. The van der Waals surface area contributed by atoms with Crippen LogP contribution in [0.1, 0.15) is 25.3 Å². The summed E-state index contributed by atoms with van der Waals surface area (Å²) in [6.45, 7) is 1.56. The number of benzene rings is 1.